The number of anilines is 1. The van der Waals surface area contributed by atoms with E-state index in [9.17, 15) is 9.59 Å². The summed E-state index contributed by atoms with van der Waals surface area (Å²) in [6, 6.07) is 4.22. The number of aromatic nitrogens is 1. The number of hydrogen-bond acceptors (Lipinski definition) is 5. The second kappa shape index (κ2) is 9.86. The number of likely N-dealkylation sites (tertiary alicyclic amines) is 2. The molecular formula is C22H26Cl2N4O2S. The zero-order valence-corrected chi connectivity index (χ0v) is 19.8. The Morgan fingerprint density at radius 3 is 2.55 bits per heavy atom. The molecule has 1 N–H and O–H groups in total. The van der Waals surface area contributed by atoms with Crippen LogP contribution in [0.3, 0.4) is 0 Å². The highest BCUT2D eigenvalue weighted by Crippen LogP contribution is 2.26. The second-order valence-electron chi connectivity index (χ2n) is 8.41. The van der Waals surface area contributed by atoms with E-state index in [0.717, 1.165) is 37.7 Å². The molecule has 2 aliphatic heterocycles. The van der Waals surface area contributed by atoms with Gasteiger partial charge in [-0.15, -0.1) is 11.3 Å². The molecule has 1 aromatic carbocycles. The molecule has 166 valence electrons. The molecule has 31 heavy (non-hydrogen) atoms. The Balaban J connectivity index is 1.37. The van der Waals surface area contributed by atoms with Crippen LogP contribution in [0.2, 0.25) is 10.0 Å². The fourth-order valence-electron chi connectivity index (χ4n) is 4.20. The summed E-state index contributed by atoms with van der Waals surface area (Å²) in [5, 5.41) is 6.29. The molecule has 4 rings (SSSR count). The van der Waals surface area contributed by atoms with Gasteiger partial charge in [-0.3, -0.25) is 14.5 Å². The largest absolute Gasteiger partial charge is 0.327 e. The zero-order chi connectivity index (χ0) is 22.0. The molecular weight excluding hydrogens is 455 g/mol. The zero-order valence-electron chi connectivity index (χ0n) is 17.4. The molecule has 1 aromatic heterocycles. The van der Waals surface area contributed by atoms with Gasteiger partial charge in [0.25, 0.3) is 5.91 Å². The van der Waals surface area contributed by atoms with Crippen molar-refractivity contribution in [3.8, 4) is 0 Å². The van der Waals surface area contributed by atoms with E-state index in [1.165, 1.54) is 24.2 Å². The third-order valence-corrected chi connectivity index (χ3v) is 7.21. The van der Waals surface area contributed by atoms with Crippen LogP contribution in [0.15, 0.2) is 23.6 Å². The van der Waals surface area contributed by atoms with Crippen LogP contribution in [0.5, 0.6) is 0 Å². The van der Waals surface area contributed by atoms with Crippen molar-refractivity contribution in [3.63, 3.8) is 0 Å². The number of nitrogens with one attached hydrogen (secondary N) is 1. The monoisotopic (exact) mass is 480 g/mol. The molecule has 3 heterocycles. The number of rotatable bonds is 5. The number of piperidine rings is 1. The first-order valence-corrected chi connectivity index (χ1v) is 12.3. The highest BCUT2D eigenvalue weighted by Gasteiger charge is 2.35. The summed E-state index contributed by atoms with van der Waals surface area (Å²) in [7, 11) is 0. The number of amides is 2. The molecule has 1 unspecified atom stereocenters. The summed E-state index contributed by atoms with van der Waals surface area (Å²) in [6.07, 6.45) is 3.83. The van der Waals surface area contributed by atoms with Crippen LogP contribution in [-0.2, 0) is 11.3 Å². The van der Waals surface area contributed by atoms with Gasteiger partial charge in [-0.25, -0.2) is 4.98 Å². The molecule has 2 aliphatic rings. The Hall–Kier alpha value is -1.67. The third-order valence-electron chi connectivity index (χ3n) is 5.97. The van der Waals surface area contributed by atoms with Crippen molar-refractivity contribution < 1.29 is 9.59 Å². The van der Waals surface area contributed by atoms with Crippen molar-refractivity contribution >= 4 is 51.5 Å². The van der Waals surface area contributed by atoms with Crippen LogP contribution in [0.1, 0.15) is 48.7 Å². The molecule has 0 aliphatic carbocycles. The number of halogens is 2. The normalized spacial score (nSPS) is 20.2. The van der Waals surface area contributed by atoms with Crippen molar-refractivity contribution in [1.29, 1.82) is 0 Å². The van der Waals surface area contributed by atoms with Crippen molar-refractivity contribution in [1.82, 2.24) is 14.8 Å². The number of hydrogen-bond donors (Lipinski definition) is 1. The number of benzene rings is 1. The minimum atomic E-state index is -0.527. The summed E-state index contributed by atoms with van der Waals surface area (Å²) in [6.45, 7) is 5.81. The Kier molecular flexibility index (Phi) is 7.16. The molecule has 6 nitrogen and oxygen atoms in total. The van der Waals surface area contributed by atoms with E-state index < -0.39 is 6.04 Å². The lowest BCUT2D eigenvalue weighted by molar-refractivity contribution is -0.119. The van der Waals surface area contributed by atoms with Gasteiger partial charge in [0.15, 0.2) is 5.13 Å². The van der Waals surface area contributed by atoms with E-state index in [2.05, 4.69) is 22.1 Å². The van der Waals surface area contributed by atoms with E-state index in [4.69, 9.17) is 23.2 Å². The van der Waals surface area contributed by atoms with Gasteiger partial charge in [0.2, 0.25) is 5.91 Å². The van der Waals surface area contributed by atoms with Gasteiger partial charge in [0.05, 0.1) is 5.69 Å². The van der Waals surface area contributed by atoms with Crippen molar-refractivity contribution in [2.75, 3.05) is 25.0 Å². The maximum Gasteiger partial charge on any atom is 0.254 e. The van der Waals surface area contributed by atoms with Crippen LogP contribution < -0.4 is 5.32 Å². The van der Waals surface area contributed by atoms with Crippen molar-refractivity contribution in [2.45, 2.75) is 45.2 Å². The van der Waals surface area contributed by atoms with Crippen molar-refractivity contribution in [2.24, 2.45) is 5.92 Å². The Bertz CT molecular complexity index is 938. The van der Waals surface area contributed by atoms with Gasteiger partial charge in [0.1, 0.15) is 6.04 Å². The topological polar surface area (TPSA) is 65.5 Å². The molecule has 2 saturated heterocycles. The molecule has 2 amide bonds. The van der Waals surface area contributed by atoms with Gasteiger partial charge in [-0.1, -0.05) is 30.1 Å². The first kappa shape index (κ1) is 22.5. The van der Waals surface area contributed by atoms with Crippen LogP contribution in [0.4, 0.5) is 5.13 Å². The highest BCUT2D eigenvalue weighted by molar-refractivity contribution is 7.13. The average Bonchev–Trinajstić information content (AvgIpc) is 3.38. The molecule has 0 radical (unpaired) electrons. The maximum atomic E-state index is 13.0. The number of carbonyl (C=O) groups excluding carboxylic acids is 2. The predicted molar refractivity (Wildman–Crippen MR) is 125 cm³/mol. The standard InChI is InChI=1S/C22H26Cl2N4O2S/c1-14-4-7-27(8-5-14)12-18-13-31-22(25-18)26-20(29)19-3-2-6-28(19)21(30)15-9-16(23)11-17(24)10-15/h9-11,13-14,19H,2-8,12H2,1H3,(H,25,26,29). The molecule has 0 bridgehead atoms. The number of carbonyl (C=O) groups is 2. The van der Waals surface area contributed by atoms with E-state index >= 15 is 0 Å². The van der Waals surface area contributed by atoms with E-state index in [1.807, 2.05) is 5.38 Å². The first-order chi connectivity index (χ1) is 14.9. The lowest BCUT2D eigenvalue weighted by Gasteiger charge is -2.29. The maximum absolute atomic E-state index is 13.0. The van der Waals surface area contributed by atoms with Crippen LogP contribution in [0.25, 0.3) is 0 Å². The Morgan fingerprint density at radius 1 is 1.13 bits per heavy atom. The minimum absolute atomic E-state index is 0.202. The summed E-state index contributed by atoms with van der Waals surface area (Å²) in [5.74, 6) is 0.356. The van der Waals surface area contributed by atoms with Gasteiger partial charge in [-0.2, -0.15) is 0 Å². The SMILES string of the molecule is CC1CCN(Cc2csc(NC(=O)C3CCCN3C(=O)c3cc(Cl)cc(Cl)c3)n2)CC1. The first-order valence-electron chi connectivity index (χ1n) is 10.6. The molecule has 2 fully saturated rings. The van der Waals surface area contributed by atoms with Gasteiger partial charge in [0, 0.05) is 34.1 Å². The molecule has 2 aromatic rings. The number of thiazole rings is 1. The smallest absolute Gasteiger partial charge is 0.254 e. The molecule has 9 heteroatoms. The summed E-state index contributed by atoms with van der Waals surface area (Å²) in [5.41, 5.74) is 1.37. The number of nitrogens with zero attached hydrogens (tertiary/aromatic N) is 3. The lowest BCUT2D eigenvalue weighted by Crippen LogP contribution is -2.43. The van der Waals surface area contributed by atoms with Gasteiger partial charge < -0.3 is 10.2 Å². The van der Waals surface area contributed by atoms with Gasteiger partial charge >= 0.3 is 0 Å². The Morgan fingerprint density at radius 2 is 1.84 bits per heavy atom. The predicted octanol–water partition coefficient (Wildman–Crippen LogP) is 4.93. The molecule has 0 saturated carbocycles. The van der Waals surface area contributed by atoms with Crippen LogP contribution in [0, 0.1) is 5.92 Å². The molecule has 0 spiro atoms. The third kappa shape index (κ3) is 5.58. The molecule has 1 atom stereocenters. The van der Waals surface area contributed by atoms with Gasteiger partial charge in [-0.05, 0) is 62.9 Å². The lowest BCUT2D eigenvalue weighted by atomic mass is 9.99. The fourth-order valence-corrected chi connectivity index (χ4v) is 5.43. The van der Waals surface area contributed by atoms with Crippen LogP contribution >= 0.6 is 34.5 Å². The van der Waals surface area contributed by atoms with E-state index in [1.54, 1.807) is 23.1 Å². The second-order valence-corrected chi connectivity index (χ2v) is 10.1. The summed E-state index contributed by atoms with van der Waals surface area (Å²) >= 11 is 13.5. The van der Waals surface area contributed by atoms with Crippen molar-refractivity contribution in [3.05, 3.63) is 44.9 Å². The van der Waals surface area contributed by atoms with Crippen LogP contribution in [-0.4, -0.2) is 52.3 Å². The highest BCUT2D eigenvalue weighted by atomic mass is 35.5. The quantitative estimate of drug-likeness (QED) is 0.658. The average molecular weight is 481 g/mol. The summed E-state index contributed by atoms with van der Waals surface area (Å²) < 4.78 is 0. The minimum Gasteiger partial charge on any atom is -0.327 e. The fraction of sp³-hybridized carbons (Fsp3) is 0.500. The Labute approximate surface area is 196 Å². The van der Waals surface area contributed by atoms with E-state index in [-0.39, 0.29) is 11.8 Å². The summed E-state index contributed by atoms with van der Waals surface area (Å²) in [4.78, 5) is 34.5. The van der Waals surface area contributed by atoms with E-state index in [0.29, 0.717) is 33.7 Å².